The van der Waals surface area contributed by atoms with Crippen LogP contribution in [0, 0.1) is 11.3 Å². The van der Waals surface area contributed by atoms with E-state index in [2.05, 4.69) is 10.6 Å². The number of methoxy groups -OCH3 is 1. The number of nitrogens with zero attached hydrogens (tertiary/aromatic N) is 1. The molecule has 25 heavy (non-hydrogen) atoms. The zero-order chi connectivity index (χ0) is 18.2. The number of rotatable bonds is 7. The van der Waals surface area contributed by atoms with Crippen molar-refractivity contribution in [2.24, 2.45) is 0 Å². The Morgan fingerprint density at radius 3 is 2.68 bits per heavy atom. The summed E-state index contributed by atoms with van der Waals surface area (Å²) in [5.74, 6) is 1.05. The van der Waals surface area contributed by atoms with Crippen molar-refractivity contribution in [2.45, 2.75) is 19.9 Å². The van der Waals surface area contributed by atoms with Crippen LogP contribution in [0.4, 0.5) is 11.4 Å². The number of ether oxygens (including phenoxy) is 2. The zero-order valence-corrected chi connectivity index (χ0v) is 14.5. The van der Waals surface area contributed by atoms with E-state index in [-0.39, 0.29) is 5.91 Å². The molecule has 0 saturated carbocycles. The average Bonchev–Trinajstić information content (AvgIpc) is 2.63. The second-order valence-electron chi connectivity index (χ2n) is 5.35. The lowest BCUT2D eigenvalue weighted by molar-refractivity contribution is -0.116. The van der Waals surface area contributed by atoms with Crippen molar-refractivity contribution in [3.63, 3.8) is 0 Å². The maximum absolute atomic E-state index is 12.3. The summed E-state index contributed by atoms with van der Waals surface area (Å²) in [6.45, 7) is 4.20. The molecule has 0 spiro atoms. The van der Waals surface area contributed by atoms with Crippen molar-refractivity contribution in [2.75, 3.05) is 24.4 Å². The van der Waals surface area contributed by atoms with Gasteiger partial charge in [-0.2, -0.15) is 5.26 Å². The highest BCUT2D eigenvalue weighted by molar-refractivity contribution is 5.96. The summed E-state index contributed by atoms with van der Waals surface area (Å²) in [5, 5.41) is 14.8. The van der Waals surface area contributed by atoms with Crippen molar-refractivity contribution in [3.05, 3.63) is 48.0 Å². The van der Waals surface area contributed by atoms with Gasteiger partial charge >= 0.3 is 0 Å². The fraction of sp³-hybridized carbons (Fsp3) is 0.263. The second kappa shape index (κ2) is 8.60. The van der Waals surface area contributed by atoms with Crippen LogP contribution in [0.1, 0.15) is 19.4 Å². The van der Waals surface area contributed by atoms with Crippen molar-refractivity contribution in [3.8, 4) is 17.6 Å². The van der Waals surface area contributed by atoms with Crippen LogP contribution in [0.2, 0.25) is 0 Å². The Balaban J connectivity index is 2.04. The first-order valence-corrected chi connectivity index (χ1v) is 7.95. The highest BCUT2D eigenvalue weighted by Crippen LogP contribution is 2.30. The maximum atomic E-state index is 12.3. The van der Waals surface area contributed by atoms with Crippen LogP contribution >= 0.6 is 0 Å². The third-order valence-corrected chi connectivity index (χ3v) is 3.50. The number of carbonyl (C=O) groups is 1. The Morgan fingerprint density at radius 1 is 1.20 bits per heavy atom. The molecule has 0 aliphatic carbocycles. The monoisotopic (exact) mass is 339 g/mol. The molecule has 2 aromatic rings. The molecule has 0 radical (unpaired) electrons. The Bertz CT molecular complexity index is 784. The summed E-state index contributed by atoms with van der Waals surface area (Å²) in [6.07, 6.45) is 0. The predicted octanol–water partition coefficient (Wildman–Crippen LogP) is 3.40. The van der Waals surface area contributed by atoms with Gasteiger partial charge in [0.15, 0.2) is 11.5 Å². The van der Waals surface area contributed by atoms with Gasteiger partial charge in [-0.15, -0.1) is 0 Å². The zero-order valence-electron chi connectivity index (χ0n) is 14.5. The third kappa shape index (κ3) is 4.88. The van der Waals surface area contributed by atoms with Gasteiger partial charge in [0.05, 0.1) is 25.3 Å². The molecule has 6 nitrogen and oxygen atoms in total. The summed E-state index contributed by atoms with van der Waals surface area (Å²) < 4.78 is 10.8. The molecule has 0 aromatic heterocycles. The molecule has 6 heteroatoms. The van der Waals surface area contributed by atoms with Gasteiger partial charge in [-0.3, -0.25) is 4.79 Å². The average molecular weight is 339 g/mol. The van der Waals surface area contributed by atoms with Crippen molar-refractivity contribution in [1.82, 2.24) is 0 Å². The minimum Gasteiger partial charge on any atom is -0.493 e. The fourth-order valence-electron chi connectivity index (χ4n) is 2.26. The molecule has 0 fully saturated rings. The first-order valence-electron chi connectivity index (χ1n) is 7.95. The van der Waals surface area contributed by atoms with Crippen LogP contribution in [-0.4, -0.2) is 25.7 Å². The smallest absolute Gasteiger partial charge is 0.246 e. The minimum absolute atomic E-state index is 0.206. The van der Waals surface area contributed by atoms with E-state index in [1.165, 1.54) is 0 Å². The van der Waals surface area contributed by atoms with E-state index in [0.29, 0.717) is 29.4 Å². The largest absolute Gasteiger partial charge is 0.493 e. The first-order chi connectivity index (χ1) is 12.1. The summed E-state index contributed by atoms with van der Waals surface area (Å²) in [5.41, 5.74) is 1.82. The van der Waals surface area contributed by atoms with Gasteiger partial charge in [-0.25, -0.2) is 0 Å². The molecule has 2 rings (SSSR count). The molecule has 1 amide bonds. The number of nitriles is 1. The lowest BCUT2D eigenvalue weighted by Gasteiger charge is -2.17. The summed E-state index contributed by atoms with van der Waals surface area (Å²) >= 11 is 0. The lowest BCUT2D eigenvalue weighted by Crippen LogP contribution is -2.31. The Morgan fingerprint density at radius 2 is 2.00 bits per heavy atom. The molecule has 2 aromatic carbocycles. The molecule has 2 N–H and O–H groups in total. The Hall–Kier alpha value is -3.20. The second-order valence-corrected chi connectivity index (χ2v) is 5.35. The number of hydrogen-bond acceptors (Lipinski definition) is 5. The standard InChI is InChI=1S/C19H21N3O3/c1-4-25-17-9-8-16(11-18(17)24-3)21-13(2)19(23)22-15-7-5-6-14(10-15)12-20/h5-11,13,21H,4H2,1-3H3,(H,22,23)/t13-/m1/s1. The molecule has 0 heterocycles. The van der Waals surface area contributed by atoms with Gasteiger partial charge in [-0.1, -0.05) is 6.07 Å². The molecular formula is C19H21N3O3. The van der Waals surface area contributed by atoms with Crippen LogP contribution in [0.25, 0.3) is 0 Å². The van der Waals surface area contributed by atoms with Gasteiger partial charge in [0.2, 0.25) is 5.91 Å². The van der Waals surface area contributed by atoms with Crippen molar-refractivity contribution >= 4 is 17.3 Å². The van der Waals surface area contributed by atoms with E-state index in [4.69, 9.17) is 14.7 Å². The molecule has 0 bridgehead atoms. The van der Waals surface area contributed by atoms with Crippen molar-refractivity contribution < 1.29 is 14.3 Å². The van der Waals surface area contributed by atoms with Gasteiger partial charge in [0.25, 0.3) is 0 Å². The van der Waals surface area contributed by atoms with Gasteiger partial charge in [0, 0.05) is 17.4 Å². The van der Waals surface area contributed by atoms with E-state index in [9.17, 15) is 4.79 Å². The number of hydrogen-bond donors (Lipinski definition) is 2. The predicted molar refractivity (Wildman–Crippen MR) is 97.0 cm³/mol. The third-order valence-electron chi connectivity index (χ3n) is 3.50. The first kappa shape index (κ1) is 18.1. The van der Waals surface area contributed by atoms with E-state index < -0.39 is 6.04 Å². The number of benzene rings is 2. The Kier molecular flexibility index (Phi) is 6.24. The van der Waals surface area contributed by atoms with Crippen molar-refractivity contribution in [1.29, 1.82) is 5.26 Å². The fourth-order valence-corrected chi connectivity index (χ4v) is 2.26. The quantitative estimate of drug-likeness (QED) is 0.808. The van der Waals surface area contributed by atoms with Gasteiger partial charge in [0.1, 0.15) is 6.04 Å². The van der Waals surface area contributed by atoms with Crippen LogP contribution in [0.5, 0.6) is 11.5 Å². The van der Waals surface area contributed by atoms with E-state index in [0.717, 1.165) is 5.69 Å². The van der Waals surface area contributed by atoms with Crippen LogP contribution in [0.3, 0.4) is 0 Å². The van der Waals surface area contributed by atoms with Crippen LogP contribution < -0.4 is 20.1 Å². The molecule has 130 valence electrons. The maximum Gasteiger partial charge on any atom is 0.246 e. The topological polar surface area (TPSA) is 83.4 Å². The van der Waals surface area contributed by atoms with E-state index in [1.807, 2.05) is 19.1 Å². The number of nitrogens with one attached hydrogen (secondary N) is 2. The number of carbonyl (C=O) groups excluding carboxylic acids is 1. The molecular weight excluding hydrogens is 318 g/mol. The lowest BCUT2D eigenvalue weighted by atomic mass is 10.2. The highest BCUT2D eigenvalue weighted by atomic mass is 16.5. The van der Waals surface area contributed by atoms with Gasteiger partial charge < -0.3 is 20.1 Å². The summed E-state index contributed by atoms with van der Waals surface area (Å²) in [4.78, 5) is 12.3. The summed E-state index contributed by atoms with van der Waals surface area (Å²) in [7, 11) is 1.57. The molecule has 1 atom stereocenters. The van der Waals surface area contributed by atoms with Gasteiger partial charge in [-0.05, 0) is 44.2 Å². The van der Waals surface area contributed by atoms with E-state index >= 15 is 0 Å². The van der Waals surface area contributed by atoms with Crippen LogP contribution in [0.15, 0.2) is 42.5 Å². The minimum atomic E-state index is -0.478. The number of amides is 1. The van der Waals surface area contributed by atoms with E-state index in [1.54, 1.807) is 50.4 Å². The molecule has 0 unspecified atom stereocenters. The SMILES string of the molecule is CCOc1ccc(N[C@H](C)C(=O)Nc2cccc(C#N)c2)cc1OC. The number of anilines is 2. The highest BCUT2D eigenvalue weighted by Gasteiger charge is 2.14. The Labute approximate surface area is 147 Å². The summed E-state index contributed by atoms with van der Waals surface area (Å²) in [6, 6.07) is 13.8. The van der Waals surface area contributed by atoms with Crippen LogP contribution in [-0.2, 0) is 4.79 Å². The molecule has 0 aliphatic rings. The normalized spacial score (nSPS) is 11.1. The molecule has 0 aliphatic heterocycles. The molecule has 0 saturated heterocycles.